The molecule has 295 valence electrons. The summed E-state index contributed by atoms with van der Waals surface area (Å²) in [5.41, 5.74) is 2.52. The number of hydrogen-bond acceptors (Lipinski definition) is 15. The summed E-state index contributed by atoms with van der Waals surface area (Å²) in [5, 5.41) is 1.04. The summed E-state index contributed by atoms with van der Waals surface area (Å²) < 4.78 is 136. The maximum atomic E-state index is 13.6. The average molecular weight is 900 g/mol. The third kappa shape index (κ3) is 5.47. The van der Waals surface area contributed by atoms with Gasteiger partial charge in [-0.05, 0) is 0 Å². The van der Waals surface area contributed by atoms with Gasteiger partial charge in [-0.1, -0.05) is 24.3 Å². The van der Waals surface area contributed by atoms with Crippen LogP contribution in [-0.2, 0) is 42.5 Å². The van der Waals surface area contributed by atoms with Crippen molar-refractivity contribution in [3.63, 3.8) is 0 Å². The Morgan fingerprint density at radius 3 is 1.21 bits per heavy atom. The number of H-pyrrole nitrogens is 2. The molecule has 7 aromatic rings. The molecule has 5 N–H and O–H groups in total. The van der Waals surface area contributed by atoms with E-state index in [1.807, 2.05) is 24.3 Å². The fourth-order valence-electron chi connectivity index (χ4n) is 6.33. The topological polar surface area (TPSA) is 315 Å². The van der Waals surface area contributed by atoms with Gasteiger partial charge in [0.2, 0.25) is 0 Å². The van der Waals surface area contributed by atoms with Gasteiger partial charge in [0, 0.05) is 5.39 Å². The molecule has 4 aromatic carbocycles. The van der Waals surface area contributed by atoms with Crippen molar-refractivity contribution >= 4 is 78.3 Å². The molecule has 8 bridgehead atoms. The van der Waals surface area contributed by atoms with Crippen LogP contribution in [0.3, 0.4) is 0 Å². The van der Waals surface area contributed by atoms with E-state index in [1.165, 1.54) is 6.07 Å². The van der Waals surface area contributed by atoms with Gasteiger partial charge in [0.05, 0.1) is 0 Å². The summed E-state index contributed by atoms with van der Waals surface area (Å²) in [7, 11) is -34.6. The van der Waals surface area contributed by atoms with Gasteiger partial charge in [0.1, 0.15) is 0 Å². The van der Waals surface area contributed by atoms with Crippen molar-refractivity contribution in [1.82, 2.24) is 39.9 Å². The van der Waals surface area contributed by atoms with E-state index < -0.39 is 48.3 Å². The number of hydrogen-bond donors (Lipinski definition) is 5. The van der Waals surface area contributed by atoms with E-state index in [0.717, 1.165) is 17.5 Å². The van der Waals surface area contributed by atoms with Crippen molar-refractivity contribution in [3.8, 4) is 51.3 Å². The van der Waals surface area contributed by atoms with E-state index in [4.69, 9.17) is 24.1 Å². The van der Waals surface area contributed by atoms with Crippen LogP contribution in [0.5, 0.6) is 5.75 Å². The van der Waals surface area contributed by atoms with Crippen LogP contribution >= 0.6 is 0 Å². The Kier molecular flexibility index (Phi) is 8.00. The van der Waals surface area contributed by atoms with E-state index in [1.54, 1.807) is 48.5 Å². The van der Waals surface area contributed by atoms with Gasteiger partial charge < -0.3 is 0 Å². The van der Waals surface area contributed by atoms with Gasteiger partial charge in [-0.15, -0.1) is 0 Å². The van der Waals surface area contributed by atoms with Crippen molar-refractivity contribution in [2.24, 2.45) is 0 Å². The normalized spacial score (nSPS) is 13.7. The summed E-state index contributed by atoms with van der Waals surface area (Å²) in [6, 6.07) is 24.6. The minimum absolute atomic E-state index is 0.00261. The van der Waals surface area contributed by atoms with Gasteiger partial charge in [-0.3, -0.25) is 0 Å². The number of aromatic amines is 2. The molecule has 0 fully saturated rings. The first-order chi connectivity index (χ1) is 26.9. The third-order valence-corrected chi connectivity index (χ3v) is 36.4. The molecular formula is C32H20CuN8O12S4. The number of nitrogens with zero attached hydrogens (tertiary/aromatic N) is 6. The van der Waals surface area contributed by atoms with Gasteiger partial charge in [0.15, 0.2) is 0 Å². The molecule has 5 heterocycles. The number of benzene rings is 4. The van der Waals surface area contributed by atoms with Crippen molar-refractivity contribution in [1.29, 1.82) is 0 Å². The van der Waals surface area contributed by atoms with Crippen LogP contribution in [0.1, 0.15) is 0 Å². The van der Waals surface area contributed by atoms with Crippen LogP contribution in [0.2, 0.25) is 0 Å². The fourth-order valence-corrected chi connectivity index (χ4v) is 25.2. The molecule has 0 amide bonds. The predicted molar refractivity (Wildman–Crippen MR) is 200 cm³/mol. The van der Waals surface area contributed by atoms with E-state index in [0.29, 0.717) is 38.9 Å². The SMILES string of the molecule is O=[S](=O)(O)[Cu]([S](=O)(=O)O)([S](=O)(=O)O)[S](=O)(=O)Oc1cccc2c3nc4nc(nc5[nH]c(nc6nc(nc([nH]3)c12)-c1ccccc1-6)c1ccccc51)-c1ccccc1-4. The standard InChI is InChI=1S/C32H17N8O3S.Cu.3HO3S/c41-44(42)43-23-15-7-14-22-24(23)32-39-30-21-13-6-5-12-20(21)28(37-30)35-26-17-9-2-1-8-16(17)25(33-26)34-27-18-10-3-4-11-19(18)29(36-27)38-31(22)40-32;;3*1-4(2)3/h1-15H,(H2,33,34,35,36,37,38,39,40);;3*(H,1,2,3). The van der Waals surface area contributed by atoms with Gasteiger partial charge in [-0.2, -0.15) is 0 Å². The molecular weight excluding hydrogens is 880 g/mol. The molecule has 3 aromatic heterocycles. The van der Waals surface area contributed by atoms with Gasteiger partial charge in [0.25, 0.3) is 0 Å². The van der Waals surface area contributed by atoms with Crippen LogP contribution in [-0.4, -0.2) is 87.2 Å². The molecule has 0 aliphatic carbocycles. The zero-order valence-electron chi connectivity index (χ0n) is 27.8. The third-order valence-electron chi connectivity index (χ3n) is 8.48. The van der Waals surface area contributed by atoms with Crippen LogP contribution in [0.25, 0.3) is 89.7 Å². The molecule has 0 radical (unpaired) electrons. The first-order valence-corrected chi connectivity index (χ1v) is 25.3. The molecule has 0 saturated carbocycles. The van der Waals surface area contributed by atoms with Crippen molar-refractivity contribution < 1.29 is 59.9 Å². The summed E-state index contributed by atoms with van der Waals surface area (Å²) in [4.78, 5) is 34.6. The average Bonchev–Trinajstić information content (AvgIpc) is 3.85. The second-order valence-electron chi connectivity index (χ2n) is 11.8. The molecule has 0 spiro atoms. The Hall–Kier alpha value is -5.76. The van der Waals surface area contributed by atoms with Crippen LogP contribution < -0.4 is 4.18 Å². The maximum absolute atomic E-state index is 13.6. The fraction of sp³-hybridized carbons (Fsp3) is 0. The number of aromatic nitrogens is 8. The molecule has 20 nitrogen and oxygen atoms in total. The monoisotopic (exact) mass is 899 g/mol. The van der Waals surface area contributed by atoms with Crippen LogP contribution in [0.4, 0.5) is 0 Å². The second-order valence-corrected chi connectivity index (χ2v) is 31.6. The summed E-state index contributed by atoms with van der Waals surface area (Å²) >= 11 is 0. The number of nitrogens with one attached hydrogen (secondary N) is 2. The summed E-state index contributed by atoms with van der Waals surface area (Å²) in [6.07, 6.45) is 0. The van der Waals surface area contributed by atoms with E-state index >= 15 is 0 Å². The Bertz CT molecular complexity index is 3500. The zero-order valence-corrected chi connectivity index (χ0v) is 32.0. The predicted octanol–water partition coefficient (Wildman–Crippen LogP) is 4.06. The Labute approximate surface area is 318 Å². The molecule has 2 aliphatic rings. The molecule has 57 heavy (non-hydrogen) atoms. The quantitative estimate of drug-likeness (QED) is 0.116. The van der Waals surface area contributed by atoms with E-state index in [9.17, 15) is 47.3 Å². The van der Waals surface area contributed by atoms with Crippen molar-refractivity contribution in [2.75, 3.05) is 0 Å². The molecule has 0 saturated heterocycles. The minimum atomic E-state index is -6.98. The molecule has 0 atom stereocenters. The van der Waals surface area contributed by atoms with Crippen molar-refractivity contribution in [2.45, 2.75) is 0 Å². The van der Waals surface area contributed by atoms with Crippen LogP contribution in [0.15, 0.2) is 91.0 Å². The Morgan fingerprint density at radius 2 is 0.789 bits per heavy atom. The molecule has 0 unspecified atom stereocenters. The second kappa shape index (κ2) is 12.4. The molecule has 25 heteroatoms. The number of fused-ring (bicyclic) bond motifs is 20. The Balaban J connectivity index is 1.43. The summed E-state index contributed by atoms with van der Waals surface area (Å²) in [5.74, 6) is -0.425. The van der Waals surface area contributed by atoms with E-state index in [2.05, 4.69) is 19.9 Å². The van der Waals surface area contributed by atoms with Crippen LogP contribution in [0, 0.1) is 0 Å². The van der Waals surface area contributed by atoms with Gasteiger partial charge >= 0.3 is 291 Å². The van der Waals surface area contributed by atoms with E-state index in [-0.39, 0.29) is 45.4 Å². The van der Waals surface area contributed by atoms with Crippen molar-refractivity contribution in [3.05, 3.63) is 91.0 Å². The Morgan fingerprint density at radius 1 is 0.439 bits per heavy atom. The summed E-state index contributed by atoms with van der Waals surface area (Å²) in [6.45, 7) is 0. The number of rotatable bonds is 6. The first kappa shape index (κ1) is 36.9. The molecule has 9 rings (SSSR count). The zero-order chi connectivity index (χ0) is 40.3. The first-order valence-electron chi connectivity index (χ1n) is 15.7. The van der Waals surface area contributed by atoms with Gasteiger partial charge in [-0.25, -0.2) is 0 Å². The molecule has 2 aliphatic heterocycles.